The summed E-state index contributed by atoms with van der Waals surface area (Å²) in [5.74, 6) is 0.0828. The lowest BCUT2D eigenvalue weighted by atomic mass is 9.86. The predicted molar refractivity (Wildman–Crippen MR) is 74.9 cm³/mol. The molecule has 4 nitrogen and oxygen atoms in total. The van der Waals surface area contributed by atoms with E-state index in [0.29, 0.717) is 13.0 Å². The number of amides is 1. The molecule has 0 aromatic rings. The van der Waals surface area contributed by atoms with E-state index >= 15 is 0 Å². The minimum Gasteiger partial charge on any atom is -0.481 e. The zero-order chi connectivity index (χ0) is 14.1. The number of carbonyl (C=O) groups excluding carboxylic acids is 1. The van der Waals surface area contributed by atoms with Crippen molar-refractivity contribution in [2.75, 3.05) is 6.54 Å². The lowest BCUT2D eigenvalue weighted by Crippen LogP contribution is -2.29. The van der Waals surface area contributed by atoms with Crippen LogP contribution < -0.4 is 5.32 Å². The van der Waals surface area contributed by atoms with Crippen molar-refractivity contribution >= 4 is 11.9 Å². The average Bonchev–Trinajstić information content (AvgIpc) is 2.37. The molecule has 0 radical (unpaired) electrons. The van der Waals surface area contributed by atoms with Gasteiger partial charge in [-0.2, -0.15) is 0 Å². The molecule has 1 aliphatic carbocycles. The fourth-order valence-electron chi connectivity index (χ4n) is 2.77. The first-order valence-electron chi connectivity index (χ1n) is 7.56. The van der Waals surface area contributed by atoms with E-state index in [4.69, 9.17) is 5.11 Å². The molecule has 4 heteroatoms. The summed E-state index contributed by atoms with van der Waals surface area (Å²) < 4.78 is 0. The molecule has 0 heterocycles. The van der Waals surface area contributed by atoms with Crippen LogP contribution in [0.3, 0.4) is 0 Å². The number of rotatable bonds is 8. The molecule has 0 spiro atoms. The van der Waals surface area contributed by atoms with Gasteiger partial charge < -0.3 is 10.4 Å². The largest absolute Gasteiger partial charge is 0.481 e. The smallest absolute Gasteiger partial charge is 0.303 e. The monoisotopic (exact) mass is 269 g/mol. The van der Waals surface area contributed by atoms with E-state index in [1.165, 1.54) is 32.1 Å². The van der Waals surface area contributed by atoms with Gasteiger partial charge in [0.25, 0.3) is 0 Å². The normalized spacial score (nSPS) is 17.9. The maximum atomic E-state index is 11.6. The highest BCUT2D eigenvalue weighted by Gasteiger charge is 2.14. The van der Waals surface area contributed by atoms with Gasteiger partial charge in [0.15, 0.2) is 0 Å². The topological polar surface area (TPSA) is 66.4 Å². The summed E-state index contributed by atoms with van der Waals surface area (Å²) in [5, 5.41) is 11.4. The third-order valence-electron chi connectivity index (χ3n) is 3.91. The lowest BCUT2D eigenvalue weighted by molar-refractivity contribution is -0.138. The van der Waals surface area contributed by atoms with Crippen LogP contribution in [0.2, 0.25) is 0 Å². The van der Waals surface area contributed by atoms with Crippen molar-refractivity contribution in [1.29, 1.82) is 0 Å². The number of hydrogen-bond acceptors (Lipinski definition) is 2. The summed E-state index contributed by atoms with van der Waals surface area (Å²) in [6, 6.07) is 0. The zero-order valence-electron chi connectivity index (χ0n) is 12.0. The number of nitrogens with one attached hydrogen (secondary N) is 1. The van der Waals surface area contributed by atoms with Crippen LogP contribution in [0.4, 0.5) is 0 Å². The molecule has 19 heavy (non-hydrogen) atoms. The molecule has 0 bridgehead atoms. The average molecular weight is 269 g/mol. The van der Waals surface area contributed by atoms with Gasteiger partial charge in [-0.1, -0.05) is 39.0 Å². The minimum atomic E-state index is -0.806. The van der Waals surface area contributed by atoms with Crippen LogP contribution in [0.1, 0.15) is 64.7 Å². The molecule has 1 fully saturated rings. The Kier molecular flexibility index (Phi) is 7.53. The Bertz CT molecular complexity index is 285. The quantitative estimate of drug-likeness (QED) is 0.712. The summed E-state index contributed by atoms with van der Waals surface area (Å²) in [6.07, 6.45) is 9.56. The van der Waals surface area contributed by atoms with Crippen molar-refractivity contribution in [3.05, 3.63) is 0 Å². The standard InChI is InChI=1S/C15H27NO3/c1-12(10-15(18)19)11-16-14(17)9-5-8-13-6-3-2-4-7-13/h12-13H,2-11H2,1H3,(H,16,17)(H,18,19). The van der Waals surface area contributed by atoms with E-state index in [0.717, 1.165) is 18.8 Å². The Morgan fingerprint density at radius 2 is 1.95 bits per heavy atom. The number of aliphatic carboxylic acids is 1. The van der Waals surface area contributed by atoms with Gasteiger partial charge in [0.05, 0.1) is 0 Å². The Morgan fingerprint density at radius 3 is 2.58 bits per heavy atom. The summed E-state index contributed by atoms with van der Waals surface area (Å²) >= 11 is 0. The summed E-state index contributed by atoms with van der Waals surface area (Å²) in [5.41, 5.74) is 0. The van der Waals surface area contributed by atoms with Crippen molar-refractivity contribution in [3.63, 3.8) is 0 Å². The highest BCUT2D eigenvalue weighted by Crippen LogP contribution is 2.27. The van der Waals surface area contributed by atoms with Gasteiger partial charge in [-0.3, -0.25) is 9.59 Å². The molecule has 1 saturated carbocycles. The Hall–Kier alpha value is -1.06. The molecule has 0 aromatic carbocycles. The SMILES string of the molecule is CC(CNC(=O)CCCC1CCCCC1)CC(=O)O. The summed E-state index contributed by atoms with van der Waals surface area (Å²) in [7, 11) is 0. The maximum Gasteiger partial charge on any atom is 0.303 e. The van der Waals surface area contributed by atoms with Crippen LogP contribution in [-0.4, -0.2) is 23.5 Å². The van der Waals surface area contributed by atoms with E-state index in [2.05, 4.69) is 5.32 Å². The van der Waals surface area contributed by atoms with Gasteiger partial charge in [-0.25, -0.2) is 0 Å². The molecule has 1 aliphatic rings. The first kappa shape index (κ1) is 16.0. The molecule has 2 N–H and O–H groups in total. The number of carbonyl (C=O) groups is 2. The van der Waals surface area contributed by atoms with Gasteiger partial charge in [0.1, 0.15) is 0 Å². The lowest BCUT2D eigenvalue weighted by Gasteiger charge is -2.21. The van der Waals surface area contributed by atoms with E-state index < -0.39 is 5.97 Å². The van der Waals surface area contributed by atoms with Gasteiger partial charge >= 0.3 is 5.97 Å². The molecular formula is C15H27NO3. The molecule has 0 aliphatic heterocycles. The van der Waals surface area contributed by atoms with Crippen LogP contribution >= 0.6 is 0 Å². The van der Waals surface area contributed by atoms with Gasteiger partial charge in [-0.05, 0) is 24.7 Å². The summed E-state index contributed by atoms with van der Waals surface area (Å²) in [4.78, 5) is 22.1. The van der Waals surface area contributed by atoms with Crippen molar-refractivity contribution in [1.82, 2.24) is 5.32 Å². The van der Waals surface area contributed by atoms with Crippen molar-refractivity contribution in [3.8, 4) is 0 Å². The maximum absolute atomic E-state index is 11.6. The first-order chi connectivity index (χ1) is 9.08. The van der Waals surface area contributed by atoms with E-state index in [-0.39, 0.29) is 18.2 Å². The van der Waals surface area contributed by atoms with Crippen LogP contribution in [0.5, 0.6) is 0 Å². The molecule has 1 unspecified atom stereocenters. The molecule has 0 saturated heterocycles. The summed E-state index contributed by atoms with van der Waals surface area (Å²) in [6.45, 7) is 2.31. The number of carboxylic acid groups (broad SMARTS) is 1. The van der Waals surface area contributed by atoms with Crippen LogP contribution in [0, 0.1) is 11.8 Å². The first-order valence-corrected chi connectivity index (χ1v) is 7.56. The van der Waals surface area contributed by atoms with E-state index in [1.54, 1.807) is 0 Å². The molecule has 1 amide bonds. The second kappa shape index (κ2) is 8.94. The Balaban J connectivity index is 2.02. The number of hydrogen-bond donors (Lipinski definition) is 2. The molecule has 1 atom stereocenters. The van der Waals surface area contributed by atoms with Crippen molar-refractivity contribution in [2.24, 2.45) is 11.8 Å². The highest BCUT2D eigenvalue weighted by atomic mass is 16.4. The predicted octanol–water partition coefficient (Wildman–Crippen LogP) is 2.96. The van der Waals surface area contributed by atoms with Gasteiger partial charge in [0, 0.05) is 19.4 Å². The van der Waals surface area contributed by atoms with Gasteiger partial charge in [-0.15, -0.1) is 0 Å². The van der Waals surface area contributed by atoms with Crippen LogP contribution in [0.25, 0.3) is 0 Å². The zero-order valence-corrected chi connectivity index (χ0v) is 12.0. The minimum absolute atomic E-state index is 0.000190. The molecule has 110 valence electrons. The van der Waals surface area contributed by atoms with E-state index in [1.807, 2.05) is 6.92 Å². The van der Waals surface area contributed by atoms with Crippen LogP contribution in [0.15, 0.2) is 0 Å². The molecule has 0 aromatic heterocycles. The molecular weight excluding hydrogens is 242 g/mol. The van der Waals surface area contributed by atoms with Gasteiger partial charge in [0.2, 0.25) is 5.91 Å². The third kappa shape index (κ3) is 7.85. The second-order valence-electron chi connectivity index (χ2n) is 5.90. The Labute approximate surface area is 116 Å². The van der Waals surface area contributed by atoms with Crippen molar-refractivity contribution < 1.29 is 14.7 Å². The highest BCUT2D eigenvalue weighted by molar-refractivity contribution is 5.75. The fraction of sp³-hybridized carbons (Fsp3) is 0.867. The second-order valence-corrected chi connectivity index (χ2v) is 5.90. The molecule has 1 rings (SSSR count). The van der Waals surface area contributed by atoms with Crippen LogP contribution in [-0.2, 0) is 9.59 Å². The third-order valence-corrected chi connectivity index (χ3v) is 3.91. The van der Waals surface area contributed by atoms with Crippen molar-refractivity contribution in [2.45, 2.75) is 64.7 Å². The Morgan fingerprint density at radius 1 is 1.26 bits per heavy atom. The number of carboxylic acids is 1. The fourth-order valence-corrected chi connectivity index (χ4v) is 2.77. The van der Waals surface area contributed by atoms with E-state index in [9.17, 15) is 9.59 Å².